The van der Waals surface area contributed by atoms with E-state index >= 15 is 0 Å². The molecule has 1 saturated heterocycles. The van der Waals surface area contributed by atoms with Gasteiger partial charge in [0.15, 0.2) is 5.76 Å². The summed E-state index contributed by atoms with van der Waals surface area (Å²) < 4.78 is 17.0. The topological polar surface area (TPSA) is 60.7 Å². The predicted octanol–water partition coefficient (Wildman–Crippen LogP) is 5.02. The van der Waals surface area contributed by atoms with Crippen molar-refractivity contribution in [2.45, 2.75) is 12.5 Å². The Labute approximate surface area is 161 Å². The first kappa shape index (κ1) is 17.6. The number of nitrogens with one attached hydrogen (secondary N) is 1. The first-order chi connectivity index (χ1) is 13.2. The molecule has 1 aromatic heterocycles. The van der Waals surface area contributed by atoms with Gasteiger partial charge in [0.1, 0.15) is 17.6 Å². The van der Waals surface area contributed by atoms with E-state index in [9.17, 15) is 4.79 Å². The van der Waals surface area contributed by atoms with Gasteiger partial charge in [-0.05, 0) is 36.4 Å². The molecule has 0 bridgehead atoms. The maximum atomic E-state index is 12.6. The third-order valence-electron chi connectivity index (χ3n) is 4.29. The molecule has 1 unspecified atom stereocenters. The third kappa shape index (κ3) is 3.99. The Hall–Kier alpha value is -2.76. The van der Waals surface area contributed by atoms with Gasteiger partial charge in [0, 0.05) is 12.0 Å². The SMILES string of the molecule is O=C(Nc1ccccc1OC1CCOC1)c1ccc(-c2ccccc2Cl)o1. The molecule has 1 amide bonds. The molecule has 0 aliphatic carbocycles. The highest BCUT2D eigenvalue weighted by molar-refractivity contribution is 6.33. The Morgan fingerprint density at radius 1 is 1.07 bits per heavy atom. The van der Waals surface area contributed by atoms with Crippen LogP contribution in [0.5, 0.6) is 5.75 Å². The van der Waals surface area contributed by atoms with Crippen LogP contribution in [0.3, 0.4) is 0 Å². The highest BCUT2D eigenvalue weighted by atomic mass is 35.5. The lowest BCUT2D eigenvalue weighted by molar-refractivity contribution is 0.0996. The summed E-state index contributed by atoms with van der Waals surface area (Å²) in [5.41, 5.74) is 1.33. The van der Waals surface area contributed by atoms with Gasteiger partial charge in [-0.15, -0.1) is 0 Å². The third-order valence-corrected chi connectivity index (χ3v) is 4.62. The van der Waals surface area contributed by atoms with Gasteiger partial charge in [0.2, 0.25) is 0 Å². The molecule has 1 fully saturated rings. The van der Waals surface area contributed by atoms with Gasteiger partial charge in [-0.25, -0.2) is 0 Å². The first-order valence-electron chi connectivity index (χ1n) is 8.70. The zero-order chi connectivity index (χ0) is 18.6. The molecule has 0 spiro atoms. The number of carbonyl (C=O) groups is 1. The van der Waals surface area contributed by atoms with Gasteiger partial charge in [-0.3, -0.25) is 4.79 Å². The molecule has 0 saturated carbocycles. The van der Waals surface area contributed by atoms with Gasteiger partial charge in [-0.1, -0.05) is 35.9 Å². The van der Waals surface area contributed by atoms with Crippen molar-refractivity contribution in [3.63, 3.8) is 0 Å². The van der Waals surface area contributed by atoms with Crippen LogP contribution in [0.2, 0.25) is 5.02 Å². The van der Waals surface area contributed by atoms with E-state index in [2.05, 4.69) is 5.32 Å². The zero-order valence-corrected chi connectivity index (χ0v) is 15.2. The van der Waals surface area contributed by atoms with Crippen molar-refractivity contribution < 1.29 is 18.7 Å². The highest BCUT2D eigenvalue weighted by Gasteiger charge is 2.20. The monoisotopic (exact) mass is 383 g/mol. The van der Waals surface area contributed by atoms with Crippen LogP contribution in [-0.4, -0.2) is 25.2 Å². The Balaban J connectivity index is 1.51. The number of rotatable bonds is 5. The van der Waals surface area contributed by atoms with Crippen molar-refractivity contribution in [2.24, 2.45) is 0 Å². The van der Waals surface area contributed by atoms with Crippen LogP contribution in [0.15, 0.2) is 65.1 Å². The van der Waals surface area contributed by atoms with E-state index < -0.39 is 0 Å². The fourth-order valence-corrected chi connectivity index (χ4v) is 3.14. The Morgan fingerprint density at radius 2 is 1.89 bits per heavy atom. The number of para-hydroxylation sites is 2. The quantitative estimate of drug-likeness (QED) is 0.672. The van der Waals surface area contributed by atoms with Gasteiger partial charge in [-0.2, -0.15) is 0 Å². The Morgan fingerprint density at radius 3 is 2.70 bits per heavy atom. The summed E-state index contributed by atoms with van der Waals surface area (Å²) in [5.74, 6) is 0.994. The van der Waals surface area contributed by atoms with Gasteiger partial charge >= 0.3 is 0 Å². The van der Waals surface area contributed by atoms with Gasteiger partial charge < -0.3 is 19.2 Å². The molecule has 27 heavy (non-hydrogen) atoms. The smallest absolute Gasteiger partial charge is 0.291 e. The number of amides is 1. The van der Waals surface area contributed by atoms with E-state index in [4.69, 9.17) is 25.5 Å². The van der Waals surface area contributed by atoms with E-state index in [0.717, 1.165) is 12.0 Å². The second kappa shape index (κ2) is 7.86. The molecule has 5 nitrogen and oxygen atoms in total. The number of hydrogen-bond donors (Lipinski definition) is 1. The standard InChI is InChI=1S/C21H18ClNO4/c22-16-6-2-1-5-15(16)18-9-10-20(27-18)21(24)23-17-7-3-4-8-19(17)26-14-11-12-25-13-14/h1-10,14H,11-13H2,(H,23,24). The van der Waals surface area contributed by atoms with Crippen molar-refractivity contribution in [1.82, 2.24) is 0 Å². The van der Waals surface area contributed by atoms with Crippen LogP contribution < -0.4 is 10.1 Å². The number of ether oxygens (including phenoxy) is 2. The van der Waals surface area contributed by atoms with Crippen LogP contribution in [0.25, 0.3) is 11.3 Å². The van der Waals surface area contributed by atoms with Gasteiger partial charge in [0.05, 0.1) is 23.9 Å². The minimum absolute atomic E-state index is 0.00140. The average molecular weight is 384 g/mol. The largest absolute Gasteiger partial charge is 0.486 e. The number of furan rings is 1. The van der Waals surface area contributed by atoms with E-state index in [1.165, 1.54) is 0 Å². The molecule has 1 atom stereocenters. The summed E-state index contributed by atoms with van der Waals surface area (Å²) in [6, 6.07) is 18.0. The number of halogens is 1. The predicted molar refractivity (Wildman–Crippen MR) is 103 cm³/mol. The Bertz CT molecular complexity index is 947. The molecule has 4 rings (SSSR count). The lowest BCUT2D eigenvalue weighted by Crippen LogP contribution is -2.18. The molecular formula is C21H18ClNO4. The van der Waals surface area contributed by atoms with Gasteiger partial charge in [0.25, 0.3) is 5.91 Å². The van der Waals surface area contributed by atoms with Crippen molar-refractivity contribution >= 4 is 23.2 Å². The normalized spacial score (nSPS) is 16.3. The molecule has 138 valence electrons. The van der Waals surface area contributed by atoms with Crippen LogP contribution in [0, 0.1) is 0 Å². The molecule has 1 N–H and O–H groups in total. The Kier molecular flexibility index (Phi) is 5.14. The minimum Gasteiger partial charge on any atom is -0.486 e. The molecular weight excluding hydrogens is 366 g/mol. The maximum Gasteiger partial charge on any atom is 0.291 e. The van der Waals surface area contributed by atoms with Crippen molar-refractivity contribution in [2.75, 3.05) is 18.5 Å². The fourth-order valence-electron chi connectivity index (χ4n) is 2.91. The van der Waals surface area contributed by atoms with Crippen LogP contribution >= 0.6 is 11.6 Å². The van der Waals surface area contributed by atoms with E-state index in [-0.39, 0.29) is 17.8 Å². The molecule has 2 heterocycles. The maximum absolute atomic E-state index is 12.6. The van der Waals surface area contributed by atoms with Crippen LogP contribution in [0.4, 0.5) is 5.69 Å². The minimum atomic E-state index is -0.355. The number of hydrogen-bond acceptors (Lipinski definition) is 4. The molecule has 6 heteroatoms. The molecule has 2 aromatic carbocycles. The highest BCUT2D eigenvalue weighted by Crippen LogP contribution is 2.30. The molecule has 3 aromatic rings. The van der Waals surface area contributed by atoms with Crippen LogP contribution in [-0.2, 0) is 4.74 Å². The molecule has 0 radical (unpaired) electrons. The van der Waals surface area contributed by atoms with E-state index in [1.807, 2.05) is 36.4 Å². The molecule has 1 aliphatic rings. The zero-order valence-electron chi connectivity index (χ0n) is 14.5. The number of carbonyl (C=O) groups excluding carboxylic acids is 1. The number of anilines is 1. The fraction of sp³-hybridized carbons (Fsp3) is 0.190. The van der Waals surface area contributed by atoms with E-state index in [0.29, 0.717) is 35.4 Å². The summed E-state index contributed by atoms with van der Waals surface area (Å²) in [5, 5.41) is 3.41. The van der Waals surface area contributed by atoms with Crippen molar-refractivity contribution in [3.8, 4) is 17.1 Å². The second-order valence-corrected chi connectivity index (χ2v) is 6.60. The first-order valence-corrected chi connectivity index (χ1v) is 9.08. The van der Waals surface area contributed by atoms with E-state index in [1.54, 1.807) is 24.3 Å². The second-order valence-electron chi connectivity index (χ2n) is 6.20. The average Bonchev–Trinajstić information content (AvgIpc) is 3.36. The summed E-state index contributed by atoms with van der Waals surface area (Å²) >= 11 is 6.19. The summed E-state index contributed by atoms with van der Waals surface area (Å²) in [7, 11) is 0. The van der Waals surface area contributed by atoms with Crippen LogP contribution in [0.1, 0.15) is 17.0 Å². The van der Waals surface area contributed by atoms with Crippen molar-refractivity contribution in [3.05, 3.63) is 71.4 Å². The van der Waals surface area contributed by atoms with Crippen molar-refractivity contribution in [1.29, 1.82) is 0 Å². The lowest BCUT2D eigenvalue weighted by atomic mass is 10.2. The lowest BCUT2D eigenvalue weighted by Gasteiger charge is -2.15. The summed E-state index contributed by atoms with van der Waals surface area (Å²) in [6.45, 7) is 1.25. The molecule has 1 aliphatic heterocycles. The summed E-state index contributed by atoms with van der Waals surface area (Å²) in [6.07, 6.45) is 0.834. The number of benzene rings is 2. The summed E-state index contributed by atoms with van der Waals surface area (Å²) in [4.78, 5) is 12.6.